The summed E-state index contributed by atoms with van der Waals surface area (Å²) in [5.74, 6) is -0.293. The fourth-order valence-corrected chi connectivity index (χ4v) is 1.64. The number of pyridine rings is 1. The average Bonchev–Trinajstić information content (AvgIpc) is 2.52. The number of rotatable bonds is 4. The molecule has 110 valence electrons. The van der Waals surface area contributed by atoms with Crippen molar-refractivity contribution in [1.29, 1.82) is 5.26 Å². The summed E-state index contributed by atoms with van der Waals surface area (Å²) in [6, 6.07) is 11.2. The molecule has 0 aliphatic heterocycles. The van der Waals surface area contributed by atoms with E-state index in [0.717, 1.165) is 0 Å². The van der Waals surface area contributed by atoms with E-state index in [0.29, 0.717) is 10.8 Å². The zero-order valence-electron chi connectivity index (χ0n) is 11.2. The Hall–Kier alpha value is -3.04. The van der Waals surface area contributed by atoms with Crippen LogP contribution in [0.1, 0.15) is 0 Å². The number of nitriles is 1. The second-order valence-corrected chi connectivity index (χ2v) is 4.58. The smallest absolute Gasteiger partial charge is 0.267 e. The number of para-hydroxylation sites is 2. The molecule has 1 aromatic heterocycles. The summed E-state index contributed by atoms with van der Waals surface area (Å²) in [5, 5.41) is 24.3. The molecule has 0 spiro atoms. The van der Waals surface area contributed by atoms with Gasteiger partial charge in [-0.1, -0.05) is 23.7 Å². The first kappa shape index (κ1) is 15.4. The lowest BCUT2D eigenvalue weighted by Gasteiger charge is -2.06. The maximum atomic E-state index is 12.0. The molecule has 0 aliphatic carbocycles. The minimum atomic E-state index is -0.648. The van der Waals surface area contributed by atoms with Gasteiger partial charge in [-0.05, 0) is 24.3 Å². The van der Waals surface area contributed by atoms with Crippen molar-refractivity contribution in [2.24, 2.45) is 0 Å². The Bertz CT molecular complexity index is 751. The van der Waals surface area contributed by atoms with Crippen LogP contribution in [0.2, 0.25) is 5.02 Å². The van der Waals surface area contributed by atoms with Gasteiger partial charge in [0.1, 0.15) is 23.2 Å². The van der Waals surface area contributed by atoms with E-state index in [2.05, 4.69) is 15.6 Å². The van der Waals surface area contributed by atoms with Gasteiger partial charge >= 0.3 is 0 Å². The monoisotopic (exact) mass is 314 g/mol. The summed E-state index contributed by atoms with van der Waals surface area (Å²) in [7, 11) is 0. The lowest BCUT2D eigenvalue weighted by atomic mass is 10.2. The molecule has 2 rings (SSSR count). The molecular weight excluding hydrogens is 304 g/mol. The van der Waals surface area contributed by atoms with Crippen LogP contribution in [-0.4, -0.2) is 16.0 Å². The van der Waals surface area contributed by atoms with Gasteiger partial charge in [0.2, 0.25) is 0 Å². The van der Waals surface area contributed by atoms with Gasteiger partial charge in [0.05, 0.1) is 10.7 Å². The van der Waals surface area contributed by atoms with Crippen LogP contribution in [0.25, 0.3) is 0 Å². The van der Waals surface area contributed by atoms with Crippen LogP contribution in [0.5, 0.6) is 5.75 Å². The minimum absolute atomic E-state index is 0.0829. The SMILES string of the molecule is N#C/C(=C/Nc1ccc(Cl)cn1)C(=O)Nc1ccccc1O. The van der Waals surface area contributed by atoms with Crippen molar-refractivity contribution in [2.75, 3.05) is 10.6 Å². The number of hydrogen-bond acceptors (Lipinski definition) is 5. The third-order valence-electron chi connectivity index (χ3n) is 2.61. The molecule has 0 radical (unpaired) electrons. The second-order valence-electron chi connectivity index (χ2n) is 4.15. The van der Waals surface area contributed by atoms with E-state index in [1.165, 1.54) is 24.5 Å². The largest absolute Gasteiger partial charge is 0.506 e. The highest BCUT2D eigenvalue weighted by molar-refractivity contribution is 6.30. The van der Waals surface area contributed by atoms with Crippen LogP contribution >= 0.6 is 11.6 Å². The van der Waals surface area contributed by atoms with E-state index < -0.39 is 5.91 Å². The molecular formula is C15H11ClN4O2. The van der Waals surface area contributed by atoms with Crippen molar-refractivity contribution in [3.63, 3.8) is 0 Å². The highest BCUT2D eigenvalue weighted by atomic mass is 35.5. The van der Waals surface area contributed by atoms with Crippen molar-refractivity contribution in [2.45, 2.75) is 0 Å². The summed E-state index contributed by atoms with van der Waals surface area (Å²) in [5.41, 5.74) is 0.0540. The maximum Gasteiger partial charge on any atom is 0.267 e. The van der Waals surface area contributed by atoms with Crippen molar-refractivity contribution >= 4 is 29.0 Å². The summed E-state index contributed by atoms with van der Waals surface area (Å²) < 4.78 is 0. The molecule has 0 atom stereocenters. The topological polar surface area (TPSA) is 98.0 Å². The van der Waals surface area contributed by atoms with E-state index >= 15 is 0 Å². The van der Waals surface area contributed by atoms with Crippen LogP contribution in [0.15, 0.2) is 54.4 Å². The van der Waals surface area contributed by atoms with Gasteiger partial charge < -0.3 is 15.7 Å². The number of aromatic nitrogens is 1. The highest BCUT2D eigenvalue weighted by Crippen LogP contribution is 2.22. The fourth-order valence-electron chi connectivity index (χ4n) is 1.52. The summed E-state index contributed by atoms with van der Waals surface area (Å²) in [6.07, 6.45) is 2.66. The van der Waals surface area contributed by atoms with Crippen LogP contribution < -0.4 is 10.6 Å². The molecule has 0 fully saturated rings. The number of phenolic OH excluding ortho intramolecular Hbond substituents is 1. The van der Waals surface area contributed by atoms with Gasteiger partial charge in [0.15, 0.2) is 0 Å². The first-order valence-corrected chi connectivity index (χ1v) is 6.55. The summed E-state index contributed by atoms with van der Waals surface area (Å²) >= 11 is 5.71. The highest BCUT2D eigenvalue weighted by Gasteiger charge is 2.11. The van der Waals surface area contributed by atoms with Crippen molar-refractivity contribution < 1.29 is 9.90 Å². The van der Waals surface area contributed by atoms with Crippen molar-refractivity contribution in [3.05, 3.63) is 59.4 Å². The minimum Gasteiger partial charge on any atom is -0.506 e. The molecule has 0 aliphatic rings. The van der Waals surface area contributed by atoms with Gasteiger partial charge in [-0.2, -0.15) is 5.26 Å². The van der Waals surface area contributed by atoms with Gasteiger partial charge in [-0.3, -0.25) is 4.79 Å². The molecule has 1 heterocycles. The van der Waals surface area contributed by atoms with Crippen LogP contribution in [0.4, 0.5) is 11.5 Å². The number of halogens is 1. The zero-order chi connectivity index (χ0) is 15.9. The molecule has 1 amide bonds. The Morgan fingerprint density at radius 1 is 1.32 bits per heavy atom. The lowest BCUT2D eigenvalue weighted by molar-refractivity contribution is -0.112. The number of benzene rings is 1. The molecule has 7 heteroatoms. The zero-order valence-corrected chi connectivity index (χ0v) is 12.0. The number of hydrogen-bond donors (Lipinski definition) is 3. The number of aromatic hydroxyl groups is 1. The first-order valence-electron chi connectivity index (χ1n) is 6.18. The molecule has 0 unspecified atom stereocenters. The van der Waals surface area contributed by atoms with Gasteiger partial charge in [0, 0.05) is 12.4 Å². The Morgan fingerprint density at radius 3 is 2.73 bits per heavy atom. The number of amides is 1. The first-order chi connectivity index (χ1) is 10.6. The summed E-state index contributed by atoms with van der Waals surface area (Å²) in [4.78, 5) is 15.9. The van der Waals surface area contributed by atoms with Gasteiger partial charge in [-0.25, -0.2) is 4.98 Å². The van der Waals surface area contributed by atoms with Crippen molar-refractivity contribution in [3.8, 4) is 11.8 Å². The molecule has 2 aromatic rings. The standard InChI is InChI=1S/C15H11ClN4O2/c16-11-5-6-14(19-9-11)18-8-10(7-17)15(22)20-12-3-1-2-4-13(12)21/h1-6,8-9,21H,(H,18,19)(H,20,22)/b10-8-. The van der Waals surface area contributed by atoms with E-state index in [1.54, 1.807) is 30.3 Å². The van der Waals surface area contributed by atoms with Crippen LogP contribution in [0, 0.1) is 11.3 Å². The predicted octanol–water partition coefficient (Wildman–Crippen LogP) is 2.90. The molecule has 1 aromatic carbocycles. The maximum absolute atomic E-state index is 12.0. The Labute approximate surface area is 131 Å². The average molecular weight is 315 g/mol. The van der Waals surface area contributed by atoms with Crippen LogP contribution in [0.3, 0.4) is 0 Å². The number of carbonyl (C=O) groups excluding carboxylic acids is 1. The fraction of sp³-hybridized carbons (Fsp3) is 0. The molecule has 3 N–H and O–H groups in total. The quantitative estimate of drug-likeness (QED) is 0.458. The molecule has 6 nitrogen and oxygen atoms in total. The third kappa shape index (κ3) is 3.98. The van der Waals surface area contributed by atoms with E-state index in [4.69, 9.17) is 16.9 Å². The van der Waals surface area contributed by atoms with Gasteiger partial charge in [-0.15, -0.1) is 0 Å². The van der Waals surface area contributed by atoms with Gasteiger partial charge in [0.25, 0.3) is 5.91 Å². The van der Waals surface area contributed by atoms with E-state index in [1.807, 2.05) is 0 Å². The summed E-state index contributed by atoms with van der Waals surface area (Å²) in [6.45, 7) is 0. The number of anilines is 2. The normalized spacial score (nSPS) is 10.6. The third-order valence-corrected chi connectivity index (χ3v) is 2.83. The van der Waals surface area contributed by atoms with Crippen molar-refractivity contribution in [1.82, 2.24) is 4.98 Å². The molecule has 0 saturated heterocycles. The number of phenols is 1. The molecule has 22 heavy (non-hydrogen) atoms. The molecule has 0 saturated carbocycles. The van der Waals surface area contributed by atoms with E-state index in [9.17, 15) is 9.90 Å². The lowest BCUT2D eigenvalue weighted by Crippen LogP contribution is -2.14. The van der Waals surface area contributed by atoms with Crippen LogP contribution in [-0.2, 0) is 4.79 Å². The predicted molar refractivity (Wildman–Crippen MR) is 83.3 cm³/mol. The number of nitrogens with zero attached hydrogens (tertiary/aromatic N) is 2. The Balaban J connectivity index is 2.09. The molecule has 0 bridgehead atoms. The number of nitrogens with one attached hydrogen (secondary N) is 2. The second kappa shape index (κ2) is 7.11. The number of carbonyl (C=O) groups is 1. The van der Waals surface area contributed by atoms with E-state index in [-0.39, 0.29) is 17.0 Å². The Kier molecular flexibility index (Phi) is 4.96. The Morgan fingerprint density at radius 2 is 2.09 bits per heavy atom.